The standard InChI is InChI=1S/C31H24BrCl2N3O3S/c1-19(29(38)36-26-9-5-8-25(33)28(26)34)41-24-16-14-23(15-17-24)35-31(40)27(18-20-10-12-22(32)13-11-20)37-30(39)21-6-3-2-4-7-21/h2-19H,1H3,(H,35,40)(H,36,38)(H,37,39)/b27-18-. The van der Waals surface area contributed by atoms with Crippen LogP contribution >= 0.6 is 50.9 Å². The van der Waals surface area contributed by atoms with Gasteiger partial charge in [-0.25, -0.2) is 0 Å². The molecular weight excluding hydrogens is 645 g/mol. The van der Waals surface area contributed by atoms with Crippen LogP contribution in [-0.4, -0.2) is 23.0 Å². The molecule has 0 aliphatic heterocycles. The normalized spacial score (nSPS) is 11.9. The molecule has 41 heavy (non-hydrogen) atoms. The Bertz CT molecular complexity index is 1580. The lowest BCUT2D eigenvalue weighted by Crippen LogP contribution is -2.30. The van der Waals surface area contributed by atoms with Crippen LogP contribution in [0, 0.1) is 0 Å². The quantitative estimate of drug-likeness (QED) is 0.124. The Labute approximate surface area is 260 Å². The Kier molecular flexibility index (Phi) is 10.7. The first-order valence-corrected chi connectivity index (χ1v) is 14.8. The molecule has 1 atom stereocenters. The first kappa shape index (κ1) is 30.4. The fourth-order valence-corrected chi connectivity index (χ4v) is 5.06. The molecule has 0 fully saturated rings. The van der Waals surface area contributed by atoms with Crippen molar-refractivity contribution in [3.05, 3.63) is 128 Å². The zero-order valence-corrected chi connectivity index (χ0v) is 25.6. The van der Waals surface area contributed by atoms with Crippen LogP contribution in [0.15, 0.2) is 112 Å². The molecule has 0 aromatic heterocycles. The van der Waals surface area contributed by atoms with Crippen LogP contribution in [0.1, 0.15) is 22.8 Å². The summed E-state index contributed by atoms with van der Waals surface area (Å²) in [6.07, 6.45) is 1.61. The van der Waals surface area contributed by atoms with Crippen molar-refractivity contribution in [3.8, 4) is 0 Å². The smallest absolute Gasteiger partial charge is 0.272 e. The van der Waals surface area contributed by atoms with Crippen LogP contribution in [0.4, 0.5) is 11.4 Å². The van der Waals surface area contributed by atoms with Gasteiger partial charge in [-0.05, 0) is 79.2 Å². The highest BCUT2D eigenvalue weighted by atomic mass is 79.9. The molecule has 4 aromatic rings. The molecule has 10 heteroatoms. The maximum absolute atomic E-state index is 13.2. The summed E-state index contributed by atoms with van der Waals surface area (Å²) in [7, 11) is 0. The number of anilines is 2. The van der Waals surface area contributed by atoms with Gasteiger partial charge in [0.2, 0.25) is 5.91 Å². The summed E-state index contributed by atoms with van der Waals surface area (Å²) in [6.45, 7) is 1.78. The second-order valence-corrected chi connectivity index (χ2v) is 11.9. The summed E-state index contributed by atoms with van der Waals surface area (Å²) in [5.74, 6) is -1.11. The summed E-state index contributed by atoms with van der Waals surface area (Å²) >= 11 is 17.0. The minimum Gasteiger partial charge on any atom is -0.324 e. The molecule has 4 aromatic carbocycles. The topological polar surface area (TPSA) is 87.3 Å². The summed E-state index contributed by atoms with van der Waals surface area (Å²) in [4.78, 5) is 39.6. The second kappa shape index (κ2) is 14.4. The van der Waals surface area contributed by atoms with E-state index in [9.17, 15) is 14.4 Å². The van der Waals surface area contributed by atoms with Gasteiger partial charge in [0.25, 0.3) is 11.8 Å². The van der Waals surface area contributed by atoms with E-state index in [1.165, 1.54) is 11.8 Å². The lowest BCUT2D eigenvalue weighted by atomic mass is 10.1. The van der Waals surface area contributed by atoms with Gasteiger partial charge in [-0.1, -0.05) is 75.5 Å². The second-order valence-electron chi connectivity index (χ2n) is 8.76. The predicted octanol–water partition coefficient (Wildman–Crippen LogP) is 8.28. The van der Waals surface area contributed by atoms with Crippen molar-refractivity contribution in [2.45, 2.75) is 17.1 Å². The Morgan fingerprint density at radius 3 is 2.20 bits per heavy atom. The predicted molar refractivity (Wildman–Crippen MR) is 172 cm³/mol. The number of carbonyl (C=O) groups excluding carboxylic acids is 3. The van der Waals surface area contributed by atoms with Gasteiger partial charge >= 0.3 is 0 Å². The zero-order valence-electron chi connectivity index (χ0n) is 21.7. The van der Waals surface area contributed by atoms with E-state index in [1.54, 1.807) is 79.7 Å². The molecule has 0 saturated carbocycles. The number of benzene rings is 4. The van der Waals surface area contributed by atoms with E-state index in [0.29, 0.717) is 22.0 Å². The lowest BCUT2D eigenvalue weighted by Gasteiger charge is -2.14. The van der Waals surface area contributed by atoms with Gasteiger partial charge in [0.1, 0.15) is 5.70 Å². The van der Waals surface area contributed by atoms with Gasteiger partial charge in [0.05, 0.1) is 21.0 Å². The first-order valence-electron chi connectivity index (χ1n) is 12.4. The maximum Gasteiger partial charge on any atom is 0.272 e. The molecule has 0 radical (unpaired) electrons. The molecule has 0 spiro atoms. The average Bonchev–Trinajstić information content (AvgIpc) is 2.97. The van der Waals surface area contributed by atoms with Crippen molar-refractivity contribution in [1.29, 1.82) is 0 Å². The minimum absolute atomic E-state index is 0.0876. The monoisotopic (exact) mass is 667 g/mol. The third-order valence-electron chi connectivity index (χ3n) is 5.71. The van der Waals surface area contributed by atoms with E-state index in [-0.39, 0.29) is 16.6 Å². The number of nitrogens with one attached hydrogen (secondary N) is 3. The van der Waals surface area contributed by atoms with Crippen LogP contribution in [0.3, 0.4) is 0 Å². The highest BCUT2D eigenvalue weighted by molar-refractivity contribution is 9.10. The van der Waals surface area contributed by atoms with Gasteiger partial charge in [-0.15, -0.1) is 11.8 Å². The van der Waals surface area contributed by atoms with Gasteiger partial charge in [-0.2, -0.15) is 0 Å². The van der Waals surface area contributed by atoms with Crippen molar-refractivity contribution in [3.63, 3.8) is 0 Å². The van der Waals surface area contributed by atoms with Crippen LogP contribution in [-0.2, 0) is 9.59 Å². The third kappa shape index (κ3) is 8.71. The zero-order chi connectivity index (χ0) is 29.4. The number of amides is 3. The molecule has 6 nitrogen and oxygen atoms in total. The van der Waals surface area contributed by atoms with Gasteiger partial charge in [0.15, 0.2) is 0 Å². The highest BCUT2D eigenvalue weighted by Crippen LogP contribution is 2.31. The molecule has 208 valence electrons. The molecule has 0 aliphatic rings. The summed E-state index contributed by atoms with van der Waals surface area (Å²) in [6, 6.07) is 28.1. The van der Waals surface area contributed by atoms with Crippen molar-refractivity contribution in [1.82, 2.24) is 5.32 Å². The molecule has 0 heterocycles. The largest absolute Gasteiger partial charge is 0.324 e. The van der Waals surface area contributed by atoms with Crippen LogP contribution in [0.5, 0.6) is 0 Å². The lowest BCUT2D eigenvalue weighted by molar-refractivity contribution is -0.115. The van der Waals surface area contributed by atoms with E-state index in [4.69, 9.17) is 23.2 Å². The Morgan fingerprint density at radius 1 is 0.829 bits per heavy atom. The van der Waals surface area contributed by atoms with E-state index < -0.39 is 17.1 Å². The van der Waals surface area contributed by atoms with E-state index in [0.717, 1.165) is 14.9 Å². The molecule has 0 saturated heterocycles. The van der Waals surface area contributed by atoms with E-state index >= 15 is 0 Å². The number of carbonyl (C=O) groups is 3. The molecule has 1 unspecified atom stereocenters. The van der Waals surface area contributed by atoms with E-state index in [2.05, 4.69) is 31.9 Å². The molecule has 0 aliphatic carbocycles. The van der Waals surface area contributed by atoms with Crippen molar-refractivity contribution in [2.75, 3.05) is 10.6 Å². The number of hydrogen-bond acceptors (Lipinski definition) is 4. The Balaban J connectivity index is 1.43. The third-order valence-corrected chi connectivity index (χ3v) is 8.17. The molecule has 0 bridgehead atoms. The minimum atomic E-state index is -0.483. The average molecular weight is 669 g/mol. The van der Waals surface area contributed by atoms with Gasteiger partial charge in [-0.3, -0.25) is 14.4 Å². The fourth-order valence-electron chi connectivity index (χ4n) is 3.58. The number of thioether (sulfide) groups is 1. The summed E-state index contributed by atoms with van der Waals surface area (Å²) < 4.78 is 0.895. The molecular formula is C31H24BrCl2N3O3S. The highest BCUT2D eigenvalue weighted by Gasteiger charge is 2.18. The van der Waals surface area contributed by atoms with Crippen molar-refractivity contribution >= 4 is 86.1 Å². The fraction of sp³-hybridized carbons (Fsp3) is 0.0645. The summed E-state index contributed by atoms with van der Waals surface area (Å²) in [5.41, 5.74) is 2.23. The Hall–Kier alpha value is -3.56. The summed E-state index contributed by atoms with van der Waals surface area (Å²) in [5, 5.41) is 8.56. The molecule has 3 N–H and O–H groups in total. The van der Waals surface area contributed by atoms with Crippen LogP contribution in [0.2, 0.25) is 10.0 Å². The first-order chi connectivity index (χ1) is 19.7. The van der Waals surface area contributed by atoms with Gasteiger partial charge in [0, 0.05) is 20.6 Å². The van der Waals surface area contributed by atoms with Crippen molar-refractivity contribution in [2.24, 2.45) is 0 Å². The van der Waals surface area contributed by atoms with Crippen LogP contribution in [0.25, 0.3) is 6.08 Å². The number of halogens is 3. The van der Waals surface area contributed by atoms with E-state index in [1.807, 2.05) is 30.3 Å². The maximum atomic E-state index is 13.2. The Morgan fingerprint density at radius 2 is 1.51 bits per heavy atom. The van der Waals surface area contributed by atoms with Crippen LogP contribution < -0.4 is 16.0 Å². The molecule has 3 amide bonds. The number of rotatable bonds is 9. The number of hydrogen-bond donors (Lipinski definition) is 3. The molecule has 4 rings (SSSR count). The SMILES string of the molecule is CC(Sc1ccc(NC(=O)/C(=C/c2ccc(Br)cc2)NC(=O)c2ccccc2)cc1)C(=O)Nc1cccc(Cl)c1Cl. The van der Waals surface area contributed by atoms with Crippen molar-refractivity contribution < 1.29 is 14.4 Å². The van der Waals surface area contributed by atoms with Gasteiger partial charge < -0.3 is 16.0 Å².